The van der Waals surface area contributed by atoms with Gasteiger partial charge in [0.2, 0.25) is 0 Å². The summed E-state index contributed by atoms with van der Waals surface area (Å²) in [6, 6.07) is 16.7. The van der Waals surface area contributed by atoms with Crippen molar-refractivity contribution < 1.29 is 9.13 Å². The molecular formula is C28H32FN3O. The lowest BCUT2D eigenvalue weighted by Gasteiger charge is -2.34. The molecule has 172 valence electrons. The van der Waals surface area contributed by atoms with Crippen LogP contribution in [-0.2, 0) is 0 Å². The Bertz CT molecular complexity index is 1210. The smallest absolute Gasteiger partial charge is 0.129 e. The molecule has 0 radical (unpaired) electrons. The molecule has 1 heterocycles. The fourth-order valence-corrected chi connectivity index (χ4v) is 4.74. The second kappa shape index (κ2) is 8.56. The van der Waals surface area contributed by atoms with Crippen LogP contribution in [0.4, 0.5) is 15.8 Å². The maximum absolute atomic E-state index is 14.0. The normalized spacial score (nSPS) is 15.2. The van der Waals surface area contributed by atoms with E-state index in [1.807, 2.05) is 14.1 Å². The van der Waals surface area contributed by atoms with Crippen LogP contribution >= 0.6 is 0 Å². The van der Waals surface area contributed by atoms with Gasteiger partial charge in [0.25, 0.3) is 0 Å². The van der Waals surface area contributed by atoms with Crippen LogP contribution in [0.25, 0.3) is 16.7 Å². The Morgan fingerprint density at radius 2 is 1.67 bits per heavy atom. The molecule has 0 spiro atoms. The van der Waals surface area contributed by atoms with Gasteiger partial charge in [-0.3, -0.25) is 0 Å². The van der Waals surface area contributed by atoms with Crippen LogP contribution in [0, 0.1) is 5.82 Å². The Morgan fingerprint density at radius 3 is 2.30 bits per heavy atom. The summed E-state index contributed by atoms with van der Waals surface area (Å²) in [5.74, 6) is 0.148. The number of nitrogens with two attached hydrogens (primary N) is 1. The minimum atomic E-state index is -0.382. The van der Waals surface area contributed by atoms with E-state index in [0.717, 1.165) is 44.8 Å². The molecule has 4 nitrogen and oxygen atoms in total. The molecule has 1 aliphatic rings. The van der Waals surface area contributed by atoms with Gasteiger partial charge in [-0.25, -0.2) is 4.39 Å². The number of hydrogen-bond donors (Lipinski definition) is 2. The van der Waals surface area contributed by atoms with E-state index in [0.29, 0.717) is 5.75 Å². The first-order chi connectivity index (χ1) is 15.6. The fraction of sp³-hybridized carbons (Fsp3) is 0.286. The zero-order valence-electron chi connectivity index (χ0n) is 20.2. The predicted molar refractivity (Wildman–Crippen MR) is 137 cm³/mol. The molecule has 5 heteroatoms. The van der Waals surface area contributed by atoms with Crippen LogP contribution in [0.1, 0.15) is 43.5 Å². The third kappa shape index (κ3) is 4.33. The fourth-order valence-electron chi connectivity index (χ4n) is 4.74. The lowest BCUT2D eigenvalue weighted by atomic mass is 9.81. The summed E-state index contributed by atoms with van der Waals surface area (Å²) in [6.45, 7) is 6.42. The van der Waals surface area contributed by atoms with Crippen molar-refractivity contribution >= 4 is 16.9 Å². The average Bonchev–Trinajstić information content (AvgIpc) is 2.77. The molecule has 3 aromatic carbocycles. The molecule has 0 amide bonds. The number of fused-ring (bicyclic) bond motifs is 1. The first-order valence-corrected chi connectivity index (χ1v) is 11.1. The number of allylic oxidation sites excluding steroid dienone is 1. The van der Waals surface area contributed by atoms with E-state index in [-0.39, 0.29) is 17.4 Å². The molecule has 3 aromatic rings. The number of hydrogen-bond acceptors (Lipinski definition) is 4. The van der Waals surface area contributed by atoms with E-state index in [1.165, 1.54) is 12.1 Å². The summed E-state index contributed by atoms with van der Waals surface area (Å²) >= 11 is 0. The predicted octanol–water partition coefficient (Wildman–Crippen LogP) is 6.22. The third-order valence-electron chi connectivity index (χ3n) is 6.21. The molecule has 1 atom stereocenters. The quantitative estimate of drug-likeness (QED) is 0.489. The lowest BCUT2D eigenvalue weighted by Crippen LogP contribution is -2.32. The van der Waals surface area contributed by atoms with Crippen molar-refractivity contribution in [3.05, 3.63) is 83.2 Å². The number of rotatable bonds is 5. The molecule has 1 unspecified atom stereocenters. The average molecular weight is 446 g/mol. The molecule has 0 fully saturated rings. The Labute approximate surface area is 195 Å². The first kappa shape index (κ1) is 22.9. The highest BCUT2D eigenvalue weighted by molar-refractivity contribution is 5.89. The standard InChI is InChI=1S/C28H32FN3O/c1-17-16-28(2,3)31-23-14-13-22(21-12-9-19(29)15-24(21)33-6)26(25(17)23)27(30)18-7-10-20(11-8-18)32(4)5/h7-16,27,31H,30H2,1-6H3. The largest absolute Gasteiger partial charge is 0.496 e. The van der Waals surface area contributed by atoms with Crippen molar-refractivity contribution in [3.63, 3.8) is 0 Å². The van der Waals surface area contributed by atoms with Gasteiger partial charge in [0.05, 0.1) is 18.7 Å². The van der Waals surface area contributed by atoms with Gasteiger partial charge in [0.1, 0.15) is 11.6 Å². The number of nitrogens with one attached hydrogen (secondary N) is 1. The van der Waals surface area contributed by atoms with Gasteiger partial charge in [-0.1, -0.05) is 24.3 Å². The minimum absolute atomic E-state index is 0.166. The number of anilines is 2. The van der Waals surface area contributed by atoms with Gasteiger partial charge < -0.3 is 20.7 Å². The summed E-state index contributed by atoms with van der Waals surface area (Å²) in [5.41, 5.74) is 15.0. The molecule has 0 saturated carbocycles. The van der Waals surface area contributed by atoms with Gasteiger partial charge >= 0.3 is 0 Å². The van der Waals surface area contributed by atoms with Crippen molar-refractivity contribution in [2.75, 3.05) is 31.4 Å². The highest BCUT2D eigenvalue weighted by Crippen LogP contribution is 2.45. The molecule has 0 bridgehead atoms. The van der Waals surface area contributed by atoms with E-state index >= 15 is 0 Å². The van der Waals surface area contributed by atoms with Gasteiger partial charge in [0, 0.05) is 42.7 Å². The van der Waals surface area contributed by atoms with E-state index in [1.54, 1.807) is 13.2 Å². The van der Waals surface area contributed by atoms with Crippen LogP contribution < -0.4 is 20.7 Å². The number of ether oxygens (including phenoxy) is 1. The summed E-state index contributed by atoms with van der Waals surface area (Å²) in [6.07, 6.45) is 2.23. The van der Waals surface area contributed by atoms with Crippen molar-refractivity contribution in [3.8, 4) is 16.9 Å². The lowest BCUT2D eigenvalue weighted by molar-refractivity contribution is 0.413. The molecule has 0 aliphatic carbocycles. The molecule has 0 aromatic heterocycles. The van der Waals surface area contributed by atoms with Crippen LogP contribution in [0.2, 0.25) is 0 Å². The summed E-state index contributed by atoms with van der Waals surface area (Å²) in [7, 11) is 5.59. The number of nitrogens with zero attached hydrogens (tertiary/aromatic N) is 1. The number of halogens is 1. The topological polar surface area (TPSA) is 50.5 Å². The highest BCUT2D eigenvalue weighted by atomic mass is 19.1. The molecule has 1 aliphatic heterocycles. The van der Waals surface area contributed by atoms with E-state index in [4.69, 9.17) is 10.5 Å². The first-order valence-electron chi connectivity index (χ1n) is 11.1. The van der Waals surface area contributed by atoms with Crippen LogP contribution in [-0.4, -0.2) is 26.7 Å². The summed E-state index contributed by atoms with van der Waals surface area (Å²) in [5, 5.41) is 3.62. The third-order valence-corrected chi connectivity index (χ3v) is 6.21. The minimum Gasteiger partial charge on any atom is -0.496 e. The number of methoxy groups -OCH3 is 1. The zero-order valence-corrected chi connectivity index (χ0v) is 20.2. The van der Waals surface area contributed by atoms with Crippen molar-refractivity contribution in [1.82, 2.24) is 0 Å². The van der Waals surface area contributed by atoms with Gasteiger partial charge in [0.15, 0.2) is 0 Å². The summed E-state index contributed by atoms with van der Waals surface area (Å²) in [4.78, 5) is 2.06. The summed E-state index contributed by atoms with van der Waals surface area (Å²) < 4.78 is 19.5. The van der Waals surface area contributed by atoms with E-state index in [9.17, 15) is 4.39 Å². The van der Waals surface area contributed by atoms with Crippen LogP contribution in [0.5, 0.6) is 5.75 Å². The van der Waals surface area contributed by atoms with Gasteiger partial charge in [-0.05, 0) is 73.4 Å². The maximum atomic E-state index is 14.0. The van der Waals surface area contributed by atoms with Gasteiger partial charge in [-0.2, -0.15) is 0 Å². The maximum Gasteiger partial charge on any atom is 0.129 e. The molecular weight excluding hydrogens is 413 g/mol. The van der Waals surface area contributed by atoms with Crippen LogP contribution in [0.15, 0.2) is 60.7 Å². The Hall–Kier alpha value is -3.31. The van der Waals surface area contributed by atoms with Crippen molar-refractivity contribution in [2.24, 2.45) is 5.73 Å². The molecule has 33 heavy (non-hydrogen) atoms. The number of benzene rings is 3. The second-order valence-corrected chi connectivity index (χ2v) is 9.43. The Balaban J connectivity index is 1.97. The van der Waals surface area contributed by atoms with E-state index < -0.39 is 0 Å². The molecule has 4 rings (SSSR count). The second-order valence-electron chi connectivity index (χ2n) is 9.43. The van der Waals surface area contributed by atoms with Crippen molar-refractivity contribution in [2.45, 2.75) is 32.4 Å². The monoisotopic (exact) mass is 445 g/mol. The van der Waals surface area contributed by atoms with Gasteiger partial charge in [-0.15, -0.1) is 0 Å². The molecule has 0 saturated heterocycles. The van der Waals surface area contributed by atoms with E-state index in [2.05, 4.69) is 73.5 Å². The Kier molecular flexibility index (Phi) is 5.93. The zero-order chi connectivity index (χ0) is 23.9. The van der Waals surface area contributed by atoms with Crippen LogP contribution in [0.3, 0.4) is 0 Å². The molecule has 3 N–H and O–H groups in total. The SMILES string of the molecule is COc1cc(F)ccc1-c1ccc2c(c1C(N)c1ccc(N(C)C)cc1)C(C)=CC(C)(C)N2. The Morgan fingerprint density at radius 1 is 1.00 bits per heavy atom. The highest BCUT2D eigenvalue weighted by Gasteiger charge is 2.29. The van der Waals surface area contributed by atoms with Crippen molar-refractivity contribution in [1.29, 1.82) is 0 Å².